The van der Waals surface area contributed by atoms with Crippen LogP contribution < -0.4 is 5.32 Å². The number of rotatable bonds is 1. The second kappa shape index (κ2) is 5.16. The van der Waals surface area contributed by atoms with Gasteiger partial charge >= 0.3 is 0 Å². The molecule has 0 unspecified atom stereocenters. The summed E-state index contributed by atoms with van der Waals surface area (Å²) in [5.41, 5.74) is 2.78. The Balaban J connectivity index is 0.000000134. The first-order chi connectivity index (χ1) is 8.24. The van der Waals surface area contributed by atoms with Gasteiger partial charge in [-0.3, -0.25) is 4.79 Å². The first-order valence-corrected chi connectivity index (χ1v) is 5.34. The highest BCUT2D eigenvalue weighted by atomic mass is 16.3. The maximum atomic E-state index is 10.5. The van der Waals surface area contributed by atoms with Crippen molar-refractivity contribution < 1.29 is 9.21 Å². The van der Waals surface area contributed by atoms with E-state index in [1.807, 2.05) is 54.6 Å². The van der Waals surface area contributed by atoms with Crippen LogP contribution in [0.15, 0.2) is 59.0 Å². The van der Waals surface area contributed by atoms with Crippen LogP contribution in [0.4, 0.5) is 5.69 Å². The smallest absolute Gasteiger partial charge is 0.221 e. The first kappa shape index (κ1) is 11.2. The van der Waals surface area contributed by atoms with Crippen molar-refractivity contribution in [2.75, 3.05) is 5.32 Å². The van der Waals surface area contributed by atoms with Crippen LogP contribution in [0.25, 0.3) is 11.2 Å². The van der Waals surface area contributed by atoms with Crippen LogP contribution in [-0.4, -0.2) is 5.91 Å². The zero-order valence-corrected chi connectivity index (χ0v) is 9.51. The normalized spacial score (nSPS) is 9.71. The van der Waals surface area contributed by atoms with Gasteiger partial charge in [-0.25, -0.2) is 0 Å². The zero-order chi connectivity index (χ0) is 12.1. The Hall–Kier alpha value is -2.29. The van der Waals surface area contributed by atoms with E-state index in [4.69, 9.17) is 4.42 Å². The predicted octanol–water partition coefficient (Wildman–Crippen LogP) is 3.52. The predicted molar refractivity (Wildman–Crippen MR) is 68.1 cm³/mol. The van der Waals surface area contributed by atoms with Crippen molar-refractivity contribution in [1.82, 2.24) is 0 Å². The molecule has 2 aromatic heterocycles. The summed E-state index contributed by atoms with van der Waals surface area (Å²) < 4.78 is 5.08. The van der Waals surface area contributed by atoms with E-state index < -0.39 is 0 Å². The van der Waals surface area contributed by atoms with Crippen LogP contribution in [-0.2, 0) is 4.79 Å². The number of para-hydroxylation sites is 1. The Morgan fingerprint density at radius 2 is 1.47 bits per heavy atom. The van der Waals surface area contributed by atoms with Crippen LogP contribution in [0, 0.1) is 0 Å². The molecule has 0 fully saturated rings. The molecule has 0 aliphatic heterocycles. The van der Waals surface area contributed by atoms with E-state index in [9.17, 15) is 4.79 Å². The molecule has 3 heteroatoms. The summed E-state index contributed by atoms with van der Waals surface area (Å²) in [5.74, 6) is -0.0359. The fraction of sp³-hybridized carbons (Fsp3) is 0.0714. The third-order valence-electron chi connectivity index (χ3n) is 2.15. The lowest BCUT2D eigenvalue weighted by Gasteiger charge is -1.98. The van der Waals surface area contributed by atoms with Crippen LogP contribution in [0.5, 0.6) is 0 Å². The van der Waals surface area contributed by atoms with Gasteiger partial charge in [-0.2, -0.15) is 0 Å². The minimum atomic E-state index is -0.0359. The Bertz CT molecular complexity index is 526. The number of nitrogens with one attached hydrogen (secondary N) is 1. The topological polar surface area (TPSA) is 42.2 Å². The summed E-state index contributed by atoms with van der Waals surface area (Å²) in [6.07, 6.45) is 0. The number of amides is 1. The fourth-order valence-electron chi connectivity index (χ4n) is 1.44. The van der Waals surface area contributed by atoms with E-state index in [1.54, 1.807) is 0 Å². The molecule has 0 saturated heterocycles. The first-order valence-electron chi connectivity index (χ1n) is 5.34. The van der Waals surface area contributed by atoms with Gasteiger partial charge in [0.15, 0.2) is 0 Å². The largest absolute Gasteiger partial charge is 0.457 e. The molecule has 1 aromatic carbocycles. The molecule has 0 saturated carbocycles. The summed E-state index contributed by atoms with van der Waals surface area (Å²) in [5, 5.41) is 2.67. The molecule has 2 heterocycles. The van der Waals surface area contributed by atoms with Gasteiger partial charge in [-0.15, -0.1) is 0 Å². The van der Waals surface area contributed by atoms with Crippen LogP contribution in [0.2, 0.25) is 0 Å². The van der Waals surface area contributed by atoms with Gasteiger partial charge in [0.1, 0.15) is 11.2 Å². The second-order valence-corrected chi connectivity index (χ2v) is 3.62. The quantitative estimate of drug-likeness (QED) is 0.691. The Morgan fingerprint density at radius 1 is 0.941 bits per heavy atom. The third-order valence-corrected chi connectivity index (χ3v) is 2.15. The Kier molecular flexibility index (Phi) is 3.40. The number of hydrogen-bond acceptors (Lipinski definition) is 2. The molecular weight excluding hydrogens is 214 g/mol. The summed E-state index contributed by atoms with van der Waals surface area (Å²) in [6, 6.07) is 17.2. The second-order valence-electron chi connectivity index (χ2n) is 3.62. The number of carbonyl (C=O) groups excluding carboxylic acids is 1. The van der Waals surface area contributed by atoms with Crippen molar-refractivity contribution in [3.63, 3.8) is 0 Å². The Labute approximate surface area is 99.4 Å². The molecule has 17 heavy (non-hydrogen) atoms. The lowest BCUT2D eigenvalue weighted by Crippen LogP contribution is -2.04. The Morgan fingerprint density at radius 3 is 1.82 bits per heavy atom. The summed E-state index contributed by atoms with van der Waals surface area (Å²) in [6.45, 7) is 1.49. The highest BCUT2D eigenvalue weighted by Gasteiger charge is 1.91. The minimum Gasteiger partial charge on any atom is -0.457 e. The number of hydrogen-bond donors (Lipinski definition) is 1. The number of anilines is 1. The molecule has 0 radical (unpaired) electrons. The summed E-state index contributed by atoms with van der Waals surface area (Å²) in [7, 11) is 0. The molecule has 86 valence electrons. The van der Waals surface area contributed by atoms with Gasteiger partial charge in [-0.1, -0.05) is 18.2 Å². The van der Waals surface area contributed by atoms with Crippen LogP contribution in [0.3, 0.4) is 0 Å². The molecule has 0 aliphatic rings. The average Bonchev–Trinajstić information content (AvgIpc) is 2.94. The molecule has 3 nitrogen and oxygen atoms in total. The molecule has 0 spiro atoms. The molecular formula is C14H13NO2. The lowest BCUT2D eigenvalue weighted by atomic mass is 10.3. The van der Waals surface area contributed by atoms with E-state index >= 15 is 0 Å². The maximum absolute atomic E-state index is 10.5. The van der Waals surface area contributed by atoms with Gasteiger partial charge in [0.05, 0.1) is 0 Å². The van der Waals surface area contributed by atoms with E-state index in [0.29, 0.717) is 0 Å². The van der Waals surface area contributed by atoms with E-state index in [1.165, 1.54) is 6.92 Å². The maximum Gasteiger partial charge on any atom is 0.221 e. The molecule has 3 aromatic rings. The van der Waals surface area contributed by atoms with Crippen molar-refractivity contribution >= 4 is 22.8 Å². The van der Waals surface area contributed by atoms with Crippen LogP contribution >= 0.6 is 0 Å². The average molecular weight is 227 g/mol. The van der Waals surface area contributed by atoms with Gasteiger partial charge in [0.25, 0.3) is 0 Å². The molecule has 2 bridgehead atoms. The number of benzene rings is 2. The highest BCUT2D eigenvalue weighted by Crippen LogP contribution is 2.13. The number of carbonyl (C=O) groups is 1. The molecule has 1 N–H and O–H groups in total. The summed E-state index contributed by atoms with van der Waals surface area (Å²) >= 11 is 0. The molecule has 3 rings (SSSR count). The molecule has 1 amide bonds. The SMILES string of the molecule is CC(=O)Nc1ccccc1.c1cc2ccc1o2. The van der Waals surface area contributed by atoms with Crippen LogP contribution in [0.1, 0.15) is 6.92 Å². The fourth-order valence-corrected chi connectivity index (χ4v) is 1.44. The van der Waals surface area contributed by atoms with E-state index in [-0.39, 0.29) is 5.91 Å². The van der Waals surface area contributed by atoms with Crippen molar-refractivity contribution in [2.24, 2.45) is 0 Å². The zero-order valence-electron chi connectivity index (χ0n) is 9.51. The monoisotopic (exact) mass is 227 g/mol. The lowest BCUT2D eigenvalue weighted by molar-refractivity contribution is -0.114. The molecule has 0 aliphatic carbocycles. The third kappa shape index (κ3) is 3.34. The molecule has 0 atom stereocenters. The van der Waals surface area contributed by atoms with Crippen molar-refractivity contribution in [1.29, 1.82) is 0 Å². The minimum absolute atomic E-state index is 0.0359. The van der Waals surface area contributed by atoms with Crippen molar-refractivity contribution in [3.8, 4) is 0 Å². The standard InChI is InChI=1S/C8H9NO.C6H4O/c1-7(10)9-8-5-3-2-4-6-8;1-2-6-4-3-5(1)7-6/h2-6H,1H3,(H,9,10);1-4H. The van der Waals surface area contributed by atoms with E-state index in [2.05, 4.69) is 5.32 Å². The van der Waals surface area contributed by atoms with E-state index in [0.717, 1.165) is 16.9 Å². The van der Waals surface area contributed by atoms with Gasteiger partial charge in [0.2, 0.25) is 5.91 Å². The highest BCUT2D eigenvalue weighted by molar-refractivity contribution is 5.88. The summed E-state index contributed by atoms with van der Waals surface area (Å²) in [4.78, 5) is 10.5. The van der Waals surface area contributed by atoms with Gasteiger partial charge in [-0.05, 0) is 36.4 Å². The van der Waals surface area contributed by atoms with Crippen molar-refractivity contribution in [2.45, 2.75) is 6.92 Å². The number of fused-ring (bicyclic) bond motifs is 2. The van der Waals surface area contributed by atoms with Crippen molar-refractivity contribution in [3.05, 3.63) is 54.6 Å². The van der Waals surface area contributed by atoms with Gasteiger partial charge in [0, 0.05) is 12.6 Å². The van der Waals surface area contributed by atoms with Gasteiger partial charge < -0.3 is 9.73 Å². The number of furan rings is 2.